The molecular weight excluding hydrogens is 284 g/mol. The van der Waals surface area contributed by atoms with Crippen LogP contribution in [0.1, 0.15) is 29.8 Å². The average molecular weight is 302 g/mol. The highest BCUT2D eigenvalue weighted by Gasteiger charge is 2.25. The Morgan fingerprint density at radius 1 is 1.33 bits per heavy atom. The molecule has 0 bridgehead atoms. The van der Waals surface area contributed by atoms with E-state index in [0.717, 1.165) is 29.8 Å². The fourth-order valence-electron chi connectivity index (χ4n) is 2.66. The van der Waals surface area contributed by atoms with Crippen LogP contribution in [0, 0.1) is 5.92 Å². The Morgan fingerprint density at radius 2 is 2.14 bits per heavy atom. The van der Waals surface area contributed by atoms with Crippen molar-refractivity contribution in [2.75, 3.05) is 6.54 Å². The van der Waals surface area contributed by atoms with E-state index >= 15 is 0 Å². The van der Waals surface area contributed by atoms with Crippen molar-refractivity contribution >= 4 is 17.2 Å². The predicted molar refractivity (Wildman–Crippen MR) is 83.2 cm³/mol. The highest BCUT2D eigenvalue weighted by atomic mass is 32.1. The van der Waals surface area contributed by atoms with Crippen LogP contribution in [-0.4, -0.2) is 28.6 Å². The first kappa shape index (κ1) is 14.2. The maximum Gasteiger partial charge on any atom is 0.270 e. The van der Waals surface area contributed by atoms with Crippen molar-refractivity contribution in [3.63, 3.8) is 0 Å². The van der Waals surface area contributed by atoms with Gasteiger partial charge in [0, 0.05) is 23.4 Å². The van der Waals surface area contributed by atoms with Crippen LogP contribution >= 0.6 is 11.3 Å². The lowest BCUT2D eigenvalue weighted by Crippen LogP contribution is -2.32. The van der Waals surface area contributed by atoms with Crippen LogP contribution in [0.25, 0.3) is 10.6 Å². The zero-order valence-electron chi connectivity index (χ0n) is 11.7. The number of aliphatic hydroxyl groups excluding tert-OH is 1. The van der Waals surface area contributed by atoms with E-state index in [2.05, 4.69) is 10.3 Å². The van der Waals surface area contributed by atoms with E-state index in [0.29, 0.717) is 12.2 Å². The number of amides is 1. The van der Waals surface area contributed by atoms with Gasteiger partial charge in [0.2, 0.25) is 0 Å². The Bertz CT molecular complexity index is 612. The molecule has 1 aromatic heterocycles. The van der Waals surface area contributed by atoms with Gasteiger partial charge in [-0.2, -0.15) is 0 Å². The minimum atomic E-state index is -0.277. The van der Waals surface area contributed by atoms with Crippen molar-refractivity contribution < 1.29 is 9.90 Å². The molecule has 1 aliphatic rings. The topological polar surface area (TPSA) is 62.2 Å². The van der Waals surface area contributed by atoms with Crippen LogP contribution in [0.5, 0.6) is 0 Å². The van der Waals surface area contributed by atoms with Gasteiger partial charge in [-0.3, -0.25) is 4.79 Å². The number of hydrogen-bond acceptors (Lipinski definition) is 4. The molecule has 2 atom stereocenters. The van der Waals surface area contributed by atoms with Gasteiger partial charge in [0.25, 0.3) is 5.91 Å². The summed E-state index contributed by atoms with van der Waals surface area (Å²) < 4.78 is 0. The standard InChI is InChI=1S/C16H18N2O2S/c19-14-8-4-7-12(14)9-17-15(20)13-10-21-16(18-13)11-5-2-1-3-6-11/h1-3,5-6,10,12,14,19H,4,7-9H2,(H,17,20). The quantitative estimate of drug-likeness (QED) is 0.913. The summed E-state index contributed by atoms with van der Waals surface area (Å²) in [5.41, 5.74) is 1.47. The summed E-state index contributed by atoms with van der Waals surface area (Å²) in [7, 11) is 0. The van der Waals surface area contributed by atoms with Crippen LogP contribution < -0.4 is 5.32 Å². The van der Waals surface area contributed by atoms with Gasteiger partial charge in [-0.05, 0) is 12.8 Å². The van der Waals surface area contributed by atoms with Crippen LogP contribution in [0.3, 0.4) is 0 Å². The van der Waals surface area contributed by atoms with Gasteiger partial charge < -0.3 is 10.4 Å². The summed E-state index contributed by atoms with van der Waals surface area (Å²) >= 11 is 1.47. The molecule has 1 aromatic carbocycles. The molecule has 0 spiro atoms. The number of thiazole rings is 1. The second-order valence-corrected chi connectivity index (χ2v) is 6.23. The lowest BCUT2D eigenvalue weighted by molar-refractivity contribution is 0.0912. The Balaban J connectivity index is 1.62. The molecule has 4 nitrogen and oxygen atoms in total. The SMILES string of the molecule is O=C(NCC1CCCC1O)c1csc(-c2ccccc2)n1. The fourth-order valence-corrected chi connectivity index (χ4v) is 3.47. The van der Waals surface area contributed by atoms with Crippen LogP contribution in [0.2, 0.25) is 0 Å². The second kappa shape index (κ2) is 6.37. The molecule has 2 aromatic rings. The molecule has 2 unspecified atom stereocenters. The number of nitrogens with zero attached hydrogens (tertiary/aromatic N) is 1. The van der Waals surface area contributed by atoms with Gasteiger partial charge in [0.1, 0.15) is 10.7 Å². The maximum absolute atomic E-state index is 12.1. The summed E-state index contributed by atoms with van der Waals surface area (Å²) in [4.78, 5) is 16.5. The minimum Gasteiger partial charge on any atom is -0.393 e. The van der Waals surface area contributed by atoms with E-state index in [1.807, 2.05) is 30.3 Å². The van der Waals surface area contributed by atoms with Crippen LogP contribution in [0.15, 0.2) is 35.7 Å². The zero-order valence-corrected chi connectivity index (χ0v) is 12.5. The minimum absolute atomic E-state index is 0.160. The molecule has 1 saturated carbocycles. The fraction of sp³-hybridized carbons (Fsp3) is 0.375. The first-order chi connectivity index (χ1) is 10.2. The molecule has 1 heterocycles. The largest absolute Gasteiger partial charge is 0.393 e. The first-order valence-corrected chi connectivity index (χ1v) is 8.09. The number of rotatable bonds is 4. The lowest BCUT2D eigenvalue weighted by Gasteiger charge is -2.14. The summed E-state index contributed by atoms with van der Waals surface area (Å²) in [6, 6.07) is 9.83. The molecule has 1 aliphatic carbocycles. The van der Waals surface area contributed by atoms with Crippen LogP contribution in [-0.2, 0) is 0 Å². The monoisotopic (exact) mass is 302 g/mol. The van der Waals surface area contributed by atoms with Gasteiger partial charge in [-0.1, -0.05) is 36.8 Å². The Morgan fingerprint density at radius 3 is 2.86 bits per heavy atom. The molecule has 110 valence electrons. The number of carbonyl (C=O) groups is 1. The summed E-state index contributed by atoms with van der Waals surface area (Å²) in [6.45, 7) is 0.526. The van der Waals surface area contributed by atoms with Crippen molar-refractivity contribution in [2.24, 2.45) is 5.92 Å². The van der Waals surface area contributed by atoms with E-state index in [-0.39, 0.29) is 17.9 Å². The lowest BCUT2D eigenvalue weighted by atomic mass is 10.1. The third-order valence-electron chi connectivity index (χ3n) is 3.90. The number of aromatic nitrogens is 1. The zero-order chi connectivity index (χ0) is 14.7. The van der Waals surface area contributed by atoms with Gasteiger partial charge >= 0.3 is 0 Å². The number of hydrogen-bond donors (Lipinski definition) is 2. The Kier molecular flexibility index (Phi) is 4.31. The molecule has 21 heavy (non-hydrogen) atoms. The van der Waals surface area contributed by atoms with E-state index in [1.165, 1.54) is 11.3 Å². The average Bonchev–Trinajstić information content (AvgIpc) is 3.15. The van der Waals surface area contributed by atoms with Gasteiger partial charge in [-0.25, -0.2) is 4.98 Å². The van der Waals surface area contributed by atoms with Gasteiger partial charge in [-0.15, -0.1) is 11.3 Å². The Labute approximate surface area is 127 Å². The molecule has 0 aliphatic heterocycles. The van der Waals surface area contributed by atoms with Crippen molar-refractivity contribution in [1.29, 1.82) is 0 Å². The molecule has 5 heteroatoms. The number of benzene rings is 1. The molecule has 0 radical (unpaired) electrons. The van der Waals surface area contributed by atoms with Crippen LogP contribution in [0.4, 0.5) is 0 Å². The van der Waals surface area contributed by atoms with Crippen molar-refractivity contribution in [1.82, 2.24) is 10.3 Å². The predicted octanol–water partition coefficient (Wildman–Crippen LogP) is 2.70. The third kappa shape index (κ3) is 3.31. The highest BCUT2D eigenvalue weighted by molar-refractivity contribution is 7.13. The van der Waals surface area contributed by atoms with Crippen molar-refractivity contribution in [2.45, 2.75) is 25.4 Å². The van der Waals surface area contributed by atoms with E-state index in [9.17, 15) is 9.90 Å². The molecular formula is C16H18N2O2S. The van der Waals surface area contributed by atoms with E-state index < -0.39 is 0 Å². The third-order valence-corrected chi connectivity index (χ3v) is 4.79. The highest BCUT2D eigenvalue weighted by Crippen LogP contribution is 2.25. The molecule has 1 amide bonds. The van der Waals surface area contributed by atoms with Gasteiger partial charge in [0.15, 0.2) is 0 Å². The molecule has 0 saturated heterocycles. The summed E-state index contributed by atoms with van der Waals surface area (Å²) in [5.74, 6) is 0.0220. The number of aliphatic hydroxyl groups is 1. The smallest absolute Gasteiger partial charge is 0.270 e. The summed E-state index contributed by atoms with van der Waals surface area (Å²) in [6.07, 6.45) is 2.58. The van der Waals surface area contributed by atoms with E-state index in [4.69, 9.17) is 0 Å². The van der Waals surface area contributed by atoms with Gasteiger partial charge in [0.05, 0.1) is 6.10 Å². The normalized spacial score (nSPS) is 21.4. The number of nitrogens with one attached hydrogen (secondary N) is 1. The summed E-state index contributed by atoms with van der Waals surface area (Å²) in [5, 5.41) is 15.3. The molecule has 1 fully saturated rings. The molecule has 3 rings (SSSR count). The van der Waals surface area contributed by atoms with E-state index in [1.54, 1.807) is 5.38 Å². The van der Waals surface area contributed by atoms with Crippen molar-refractivity contribution in [3.8, 4) is 10.6 Å². The second-order valence-electron chi connectivity index (χ2n) is 5.37. The molecule has 2 N–H and O–H groups in total. The number of carbonyl (C=O) groups excluding carboxylic acids is 1. The Hall–Kier alpha value is -1.72. The first-order valence-electron chi connectivity index (χ1n) is 7.21. The van der Waals surface area contributed by atoms with Crippen molar-refractivity contribution in [3.05, 3.63) is 41.4 Å². The maximum atomic E-state index is 12.1.